The zero-order valence-corrected chi connectivity index (χ0v) is 13.8. The van der Waals surface area contributed by atoms with Gasteiger partial charge in [0, 0.05) is 6.54 Å². The molecule has 0 aromatic heterocycles. The molecule has 0 aliphatic carbocycles. The van der Waals surface area contributed by atoms with Crippen LogP contribution in [0.15, 0.2) is 42.5 Å². The van der Waals surface area contributed by atoms with Gasteiger partial charge in [-0.05, 0) is 19.4 Å². The van der Waals surface area contributed by atoms with Crippen molar-refractivity contribution in [2.45, 2.75) is 38.2 Å². The van der Waals surface area contributed by atoms with Gasteiger partial charge in [0.1, 0.15) is 11.5 Å². The number of carbonyl (C=O) groups excluding carboxylic acids is 2. The topological polar surface area (TPSA) is 55.8 Å². The van der Waals surface area contributed by atoms with Gasteiger partial charge in [0.05, 0.1) is 24.7 Å². The summed E-state index contributed by atoms with van der Waals surface area (Å²) in [6.45, 7) is 4.65. The number of likely N-dealkylation sites (tertiary alicyclic amines) is 1. The third-order valence-corrected chi connectivity index (χ3v) is 5.02. The highest BCUT2D eigenvalue weighted by atomic mass is 16.6. The minimum atomic E-state index is -0.669. The van der Waals surface area contributed by atoms with Crippen molar-refractivity contribution >= 4 is 11.9 Å². The lowest BCUT2D eigenvalue weighted by atomic mass is 9.77. The Hall–Kier alpha value is -2.14. The third-order valence-electron chi connectivity index (χ3n) is 5.02. The maximum atomic E-state index is 13.0. The molecule has 4 atom stereocenters. The average Bonchev–Trinajstić information content (AvgIpc) is 3.16. The van der Waals surface area contributed by atoms with E-state index in [0.717, 1.165) is 5.56 Å². The second-order valence-electron chi connectivity index (χ2n) is 7.07. The molecule has 1 amide bonds. The molecule has 0 N–H and O–H groups in total. The molecule has 4 rings (SSSR count). The van der Waals surface area contributed by atoms with Crippen LogP contribution in [-0.4, -0.2) is 41.1 Å². The number of benzene rings is 1. The van der Waals surface area contributed by atoms with Gasteiger partial charge in [-0.2, -0.15) is 0 Å². The van der Waals surface area contributed by atoms with E-state index in [1.54, 1.807) is 4.90 Å². The molecule has 1 unspecified atom stereocenters. The molecular formula is C19H21NO4. The highest BCUT2D eigenvalue weighted by Gasteiger charge is 2.67. The van der Waals surface area contributed by atoms with Crippen LogP contribution < -0.4 is 0 Å². The van der Waals surface area contributed by atoms with E-state index in [1.807, 2.05) is 56.3 Å². The van der Waals surface area contributed by atoms with Crippen LogP contribution in [-0.2, 0) is 25.6 Å². The van der Waals surface area contributed by atoms with Crippen molar-refractivity contribution in [2.24, 2.45) is 11.8 Å². The van der Waals surface area contributed by atoms with Gasteiger partial charge in [-0.3, -0.25) is 9.59 Å². The van der Waals surface area contributed by atoms with Crippen LogP contribution in [0.4, 0.5) is 0 Å². The Bertz CT molecular complexity index is 699. The summed E-state index contributed by atoms with van der Waals surface area (Å²) in [5, 5.41) is 0. The number of ether oxygens (including phenoxy) is 2. The fraction of sp³-hybridized carbons (Fsp3) is 0.474. The van der Waals surface area contributed by atoms with Crippen molar-refractivity contribution in [3.8, 4) is 0 Å². The Morgan fingerprint density at radius 3 is 2.83 bits per heavy atom. The summed E-state index contributed by atoms with van der Waals surface area (Å²) in [5.41, 5.74) is 0.402. The normalized spacial score (nSPS) is 33.4. The summed E-state index contributed by atoms with van der Waals surface area (Å²) in [4.78, 5) is 27.3. The number of carbonyl (C=O) groups is 2. The van der Waals surface area contributed by atoms with Crippen LogP contribution in [0.5, 0.6) is 0 Å². The van der Waals surface area contributed by atoms with Crippen molar-refractivity contribution in [3.63, 3.8) is 0 Å². The van der Waals surface area contributed by atoms with E-state index in [0.29, 0.717) is 13.1 Å². The van der Waals surface area contributed by atoms with E-state index in [9.17, 15) is 9.59 Å². The molecule has 5 heteroatoms. The Morgan fingerprint density at radius 1 is 1.38 bits per heavy atom. The van der Waals surface area contributed by atoms with Crippen LogP contribution in [0.2, 0.25) is 0 Å². The Balaban J connectivity index is 1.58. The van der Waals surface area contributed by atoms with Crippen molar-refractivity contribution in [3.05, 3.63) is 48.0 Å². The van der Waals surface area contributed by atoms with E-state index in [4.69, 9.17) is 9.47 Å². The average molecular weight is 327 g/mol. The van der Waals surface area contributed by atoms with Crippen LogP contribution in [0.3, 0.4) is 0 Å². The third kappa shape index (κ3) is 2.26. The number of hydrogen-bond donors (Lipinski definition) is 0. The van der Waals surface area contributed by atoms with E-state index >= 15 is 0 Å². The molecule has 24 heavy (non-hydrogen) atoms. The van der Waals surface area contributed by atoms with Gasteiger partial charge >= 0.3 is 5.97 Å². The Kier molecular flexibility index (Phi) is 3.49. The summed E-state index contributed by atoms with van der Waals surface area (Å²) in [6, 6.07) is 9.86. The monoisotopic (exact) mass is 327 g/mol. The van der Waals surface area contributed by atoms with E-state index in [-0.39, 0.29) is 24.1 Å². The Labute approximate surface area is 141 Å². The minimum absolute atomic E-state index is 0.0172. The van der Waals surface area contributed by atoms with Gasteiger partial charge in [-0.15, -0.1) is 0 Å². The molecule has 1 aromatic rings. The van der Waals surface area contributed by atoms with Crippen LogP contribution in [0, 0.1) is 11.8 Å². The molecule has 3 aliphatic heterocycles. The summed E-state index contributed by atoms with van der Waals surface area (Å²) < 4.78 is 11.4. The first-order valence-corrected chi connectivity index (χ1v) is 8.40. The number of rotatable bonds is 4. The zero-order valence-electron chi connectivity index (χ0n) is 13.8. The Morgan fingerprint density at radius 2 is 2.12 bits per heavy atom. The molecule has 0 saturated carbocycles. The molecule has 0 radical (unpaired) electrons. The van der Waals surface area contributed by atoms with Gasteiger partial charge in [0.15, 0.2) is 0 Å². The first-order chi connectivity index (χ1) is 11.5. The fourth-order valence-corrected chi connectivity index (χ4v) is 4.10. The van der Waals surface area contributed by atoms with Gasteiger partial charge in [0.2, 0.25) is 5.91 Å². The maximum Gasteiger partial charge on any atom is 0.313 e. The lowest BCUT2D eigenvalue weighted by Gasteiger charge is -2.23. The largest absolute Gasteiger partial charge is 0.463 e. The summed E-state index contributed by atoms with van der Waals surface area (Å²) >= 11 is 0. The van der Waals surface area contributed by atoms with Crippen molar-refractivity contribution < 1.29 is 19.1 Å². The van der Waals surface area contributed by atoms with Crippen LogP contribution in [0.25, 0.3) is 0 Å². The van der Waals surface area contributed by atoms with Crippen LogP contribution in [0.1, 0.15) is 19.4 Å². The zero-order chi connectivity index (χ0) is 16.9. The van der Waals surface area contributed by atoms with Crippen LogP contribution >= 0.6 is 0 Å². The second-order valence-corrected chi connectivity index (χ2v) is 7.07. The molecular weight excluding hydrogens is 306 g/mol. The lowest BCUT2D eigenvalue weighted by molar-refractivity contribution is -0.157. The second kappa shape index (κ2) is 5.45. The van der Waals surface area contributed by atoms with Gasteiger partial charge < -0.3 is 14.4 Å². The molecule has 126 valence electrons. The maximum absolute atomic E-state index is 13.0. The number of amides is 1. The van der Waals surface area contributed by atoms with Crippen molar-refractivity contribution in [1.29, 1.82) is 0 Å². The smallest absolute Gasteiger partial charge is 0.313 e. The number of hydrogen-bond acceptors (Lipinski definition) is 4. The first kappa shape index (κ1) is 15.4. The standard InChI is InChI=1S/C19H21NO4/c1-12(2)23-18(22)15-14-8-9-19(24-14)11-20(17(21)16(15)19)10-13-6-4-3-5-7-13/h3-9,12,14-16H,10-11H2,1-2H3/t14-,15?,16+,19-/m1/s1. The predicted octanol–water partition coefficient (Wildman–Crippen LogP) is 1.92. The van der Waals surface area contributed by atoms with E-state index < -0.39 is 17.4 Å². The minimum Gasteiger partial charge on any atom is -0.463 e. The number of esters is 1. The summed E-state index contributed by atoms with van der Waals surface area (Å²) in [5.74, 6) is -1.36. The predicted molar refractivity (Wildman–Crippen MR) is 86.8 cm³/mol. The molecule has 1 spiro atoms. The van der Waals surface area contributed by atoms with Gasteiger partial charge in [-0.25, -0.2) is 0 Å². The molecule has 1 aromatic carbocycles. The quantitative estimate of drug-likeness (QED) is 0.626. The van der Waals surface area contributed by atoms with Crippen molar-refractivity contribution in [2.75, 3.05) is 6.54 Å². The molecule has 3 heterocycles. The lowest BCUT2D eigenvalue weighted by Crippen LogP contribution is -2.40. The molecule has 2 bridgehead atoms. The highest BCUT2D eigenvalue weighted by Crippen LogP contribution is 2.52. The summed E-state index contributed by atoms with van der Waals surface area (Å²) in [7, 11) is 0. The molecule has 2 fully saturated rings. The van der Waals surface area contributed by atoms with Gasteiger partial charge in [-0.1, -0.05) is 42.5 Å². The van der Waals surface area contributed by atoms with Crippen molar-refractivity contribution in [1.82, 2.24) is 4.90 Å². The SMILES string of the molecule is CC(C)OC(=O)C1[C@H]2C(=O)N(Cc3ccccc3)C[C@]23C=C[C@H]1O3. The molecule has 5 nitrogen and oxygen atoms in total. The molecule has 2 saturated heterocycles. The molecule has 3 aliphatic rings. The van der Waals surface area contributed by atoms with E-state index in [1.165, 1.54) is 0 Å². The highest BCUT2D eigenvalue weighted by molar-refractivity contribution is 5.91. The summed E-state index contributed by atoms with van der Waals surface area (Å²) in [6.07, 6.45) is 3.32. The van der Waals surface area contributed by atoms with E-state index in [2.05, 4.69) is 0 Å². The first-order valence-electron chi connectivity index (χ1n) is 8.40. The fourth-order valence-electron chi connectivity index (χ4n) is 4.10. The number of fused-ring (bicyclic) bond motifs is 1. The number of nitrogens with zero attached hydrogens (tertiary/aromatic N) is 1. The van der Waals surface area contributed by atoms with Gasteiger partial charge in [0.25, 0.3) is 0 Å².